The quantitative estimate of drug-likeness (QED) is 0.675. The second-order valence-corrected chi connectivity index (χ2v) is 4.82. The molecule has 0 unspecified atom stereocenters. The predicted molar refractivity (Wildman–Crippen MR) is 79.2 cm³/mol. The van der Waals surface area contributed by atoms with Crippen LogP contribution in [0.4, 0.5) is 0 Å². The van der Waals surface area contributed by atoms with Gasteiger partial charge in [0, 0.05) is 16.6 Å². The van der Waals surface area contributed by atoms with Crippen LogP contribution >= 0.6 is 15.9 Å². The summed E-state index contributed by atoms with van der Waals surface area (Å²) >= 11 is 3.46. The molecule has 2 rings (SSSR count). The minimum absolute atomic E-state index is 0.696. The van der Waals surface area contributed by atoms with Gasteiger partial charge >= 0.3 is 0 Å². The summed E-state index contributed by atoms with van der Waals surface area (Å²) in [6, 6.07) is 18.3. The van der Waals surface area contributed by atoms with Gasteiger partial charge in [0.05, 0.1) is 6.54 Å². The smallest absolute Gasteiger partial charge is 0.0582 e. The van der Waals surface area contributed by atoms with Crippen molar-refractivity contribution in [1.82, 2.24) is 5.32 Å². The third-order valence-corrected chi connectivity index (χ3v) is 2.93. The van der Waals surface area contributed by atoms with Gasteiger partial charge in [-0.3, -0.25) is 0 Å². The Morgan fingerprint density at radius 1 is 1.00 bits per heavy atom. The van der Waals surface area contributed by atoms with Crippen molar-refractivity contribution in [2.75, 3.05) is 6.54 Å². The fourth-order valence-electron chi connectivity index (χ4n) is 1.58. The minimum Gasteiger partial charge on any atom is -0.302 e. The van der Waals surface area contributed by atoms with Gasteiger partial charge in [0.2, 0.25) is 0 Å². The fraction of sp³-hybridized carbons (Fsp3) is 0.125. The van der Waals surface area contributed by atoms with E-state index in [9.17, 15) is 0 Å². The molecule has 18 heavy (non-hydrogen) atoms. The molecule has 1 nitrogen and oxygen atoms in total. The van der Waals surface area contributed by atoms with Gasteiger partial charge in [-0.1, -0.05) is 58.1 Å². The monoisotopic (exact) mass is 299 g/mol. The van der Waals surface area contributed by atoms with E-state index >= 15 is 0 Å². The van der Waals surface area contributed by atoms with Crippen LogP contribution in [-0.2, 0) is 6.54 Å². The van der Waals surface area contributed by atoms with E-state index in [1.165, 1.54) is 5.56 Å². The summed E-state index contributed by atoms with van der Waals surface area (Å²) < 4.78 is 1.11. The van der Waals surface area contributed by atoms with Crippen molar-refractivity contribution in [2.24, 2.45) is 0 Å². The SMILES string of the molecule is Brc1cccc(CNCC#Cc2ccccc2)c1. The van der Waals surface area contributed by atoms with Crippen LogP contribution in [0.3, 0.4) is 0 Å². The zero-order valence-corrected chi connectivity index (χ0v) is 11.6. The van der Waals surface area contributed by atoms with Gasteiger partial charge < -0.3 is 5.32 Å². The lowest BCUT2D eigenvalue weighted by atomic mass is 10.2. The Kier molecular flexibility index (Phi) is 5.01. The van der Waals surface area contributed by atoms with Crippen LogP contribution in [0.2, 0.25) is 0 Å². The molecule has 0 saturated carbocycles. The standard InChI is InChI=1S/C16H14BrN/c17-16-10-4-8-15(12-16)13-18-11-5-9-14-6-2-1-3-7-14/h1-4,6-8,10,12,18H,11,13H2. The molecule has 0 heterocycles. The molecule has 0 fully saturated rings. The van der Waals surface area contributed by atoms with E-state index in [0.29, 0.717) is 6.54 Å². The molecule has 0 atom stereocenters. The largest absolute Gasteiger partial charge is 0.302 e. The second-order valence-electron chi connectivity index (χ2n) is 3.90. The Labute approximate surface area is 116 Å². The molecular weight excluding hydrogens is 286 g/mol. The molecule has 0 radical (unpaired) electrons. The average Bonchev–Trinajstić information content (AvgIpc) is 2.40. The summed E-state index contributed by atoms with van der Waals surface area (Å²) in [6.07, 6.45) is 0. The number of rotatable bonds is 3. The van der Waals surface area contributed by atoms with E-state index in [1.807, 2.05) is 42.5 Å². The van der Waals surface area contributed by atoms with Gasteiger partial charge in [-0.15, -0.1) is 0 Å². The molecule has 0 aliphatic carbocycles. The maximum atomic E-state index is 3.46. The first-order chi connectivity index (χ1) is 8.84. The Morgan fingerprint density at radius 3 is 2.61 bits per heavy atom. The van der Waals surface area contributed by atoms with Crippen molar-refractivity contribution < 1.29 is 0 Å². The molecule has 0 aliphatic heterocycles. The van der Waals surface area contributed by atoms with Crippen molar-refractivity contribution in [2.45, 2.75) is 6.54 Å². The summed E-state index contributed by atoms with van der Waals surface area (Å²) in [7, 11) is 0. The molecule has 0 amide bonds. The highest BCUT2D eigenvalue weighted by atomic mass is 79.9. The van der Waals surface area contributed by atoms with E-state index < -0.39 is 0 Å². The van der Waals surface area contributed by atoms with Crippen molar-refractivity contribution in [3.05, 3.63) is 70.2 Å². The Balaban J connectivity index is 1.78. The van der Waals surface area contributed by atoms with Crippen LogP contribution < -0.4 is 5.32 Å². The molecule has 0 spiro atoms. The van der Waals surface area contributed by atoms with E-state index in [2.05, 4.69) is 45.2 Å². The van der Waals surface area contributed by atoms with E-state index in [-0.39, 0.29) is 0 Å². The summed E-state index contributed by atoms with van der Waals surface area (Å²) in [5, 5.41) is 3.30. The van der Waals surface area contributed by atoms with Crippen LogP contribution in [0.15, 0.2) is 59.1 Å². The molecule has 0 bridgehead atoms. The number of nitrogens with one attached hydrogen (secondary N) is 1. The molecular formula is C16H14BrN. The van der Waals surface area contributed by atoms with Crippen LogP contribution in [0.5, 0.6) is 0 Å². The fourth-order valence-corrected chi connectivity index (χ4v) is 2.03. The first kappa shape index (κ1) is 12.9. The van der Waals surface area contributed by atoms with Gasteiger partial charge in [-0.2, -0.15) is 0 Å². The zero-order valence-electron chi connectivity index (χ0n) is 9.99. The Bertz CT molecular complexity index is 552. The van der Waals surface area contributed by atoms with Crippen LogP contribution in [0.25, 0.3) is 0 Å². The molecule has 2 aromatic rings. The maximum absolute atomic E-state index is 3.46. The van der Waals surface area contributed by atoms with E-state index in [0.717, 1.165) is 16.6 Å². The van der Waals surface area contributed by atoms with Crippen molar-refractivity contribution in [3.8, 4) is 11.8 Å². The van der Waals surface area contributed by atoms with Crippen molar-refractivity contribution in [3.63, 3.8) is 0 Å². The van der Waals surface area contributed by atoms with Gasteiger partial charge in [0.25, 0.3) is 0 Å². The lowest BCUT2D eigenvalue weighted by Crippen LogP contribution is -2.13. The van der Waals surface area contributed by atoms with Gasteiger partial charge in [0.15, 0.2) is 0 Å². The highest BCUT2D eigenvalue weighted by Crippen LogP contribution is 2.11. The highest BCUT2D eigenvalue weighted by molar-refractivity contribution is 9.10. The summed E-state index contributed by atoms with van der Waals surface area (Å²) in [5.74, 6) is 6.23. The van der Waals surface area contributed by atoms with Crippen molar-refractivity contribution >= 4 is 15.9 Å². The van der Waals surface area contributed by atoms with E-state index in [1.54, 1.807) is 0 Å². The number of hydrogen-bond acceptors (Lipinski definition) is 1. The zero-order chi connectivity index (χ0) is 12.6. The van der Waals surface area contributed by atoms with Crippen LogP contribution in [-0.4, -0.2) is 6.54 Å². The predicted octanol–water partition coefficient (Wildman–Crippen LogP) is 3.59. The molecule has 2 aromatic carbocycles. The molecule has 1 N–H and O–H groups in total. The van der Waals surface area contributed by atoms with Crippen molar-refractivity contribution in [1.29, 1.82) is 0 Å². The first-order valence-electron chi connectivity index (χ1n) is 5.84. The summed E-state index contributed by atoms with van der Waals surface area (Å²) in [5.41, 5.74) is 2.31. The molecule has 0 saturated heterocycles. The third kappa shape index (κ3) is 4.37. The van der Waals surface area contributed by atoms with Gasteiger partial charge in [-0.25, -0.2) is 0 Å². The minimum atomic E-state index is 0.696. The Hall–Kier alpha value is -1.56. The third-order valence-electron chi connectivity index (χ3n) is 2.44. The number of halogens is 1. The number of benzene rings is 2. The highest BCUT2D eigenvalue weighted by Gasteiger charge is 1.91. The molecule has 2 heteroatoms. The second kappa shape index (κ2) is 7.00. The summed E-state index contributed by atoms with van der Waals surface area (Å²) in [4.78, 5) is 0. The van der Waals surface area contributed by atoms with Gasteiger partial charge in [-0.05, 0) is 29.8 Å². The summed E-state index contributed by atoms with van der Waals surface area (Å²) in [6.45, 7) is 1.53. The number of hydrogen-bond donors (Lipinski definition) is 1. The van der Waals surface area contributed by atoms with E-state index in [4.69, 9.17) is 0 Å². The average molecular weight is 300 g/mol. The van der Waals surface area contributed by atoms with Crippen LogP contribution in [0.1, 0.15) is 11.1 Å². The normalized spacial score (nSPS) is 9.61. The molecule has 90 valence electrons. The molecule has 0 aliphatic rings. The molecule has 0 aromatic heterocycles. The van der Waals surface area contributed by atoms with Gasteiger partial charge in [0.1, 0.15) is 0 Å². The van der Waals surface area contributed by atoms with Crippen LogP contribution in [0, 0.1) is 11.8 Å². The Morgan fingerprint density at radius 2 is 1.83 bits per heavy atom. The maximum Gasteiger partial charge on any atom is 0.0582 e. The lowest BCUT2D eigenvalue weighted by Gasteiger charge is -2.01. The lowest BCUT2D eigenvalue weighted by molar-refractivity contribution is 0.769. The first-order valence-corrected chi connectivity index (χ1v) is 6.63. The topological polar surface area (TPSA) is 12.0 Å².